The number of hydrogen-bond acceptors (Lipinski definition) is 3. The fourth-order valence-corrected chi connectivity index (χ4v) is 4.01. The minimum atomic E-state index is -0.585. The van der Waals surface area contributed by atoms with Crippen molar-refractivity contribution in [3.05, 3.63) is 59.7 Å². The standard InChI is InChI=1S/C26H35NO3/c1-7-26(8-2)17-22(21-11-9-10-12-23(21)30-26)27-24(28)18(3)29-20-15-13-19(14-16-20)25(4,5)6/h9-16,18,22H,7-8,17H2,1-6H3,(H,27,28)/t18-,22+/m0/s1. The van der Waals surface area contributed by atoms with Crippen molar-refractivity contribution in [2.24, 2.45) is 0 Å². The normalized spacial score (nSPS) is 18.7. The van der Waals surface area contributed by atoms with Crippen molar-refractivity contribution in [1.29, 1.82) is 0 Å². The zero-order chi connectivity index (χ0) is 21.9. The van der Waals surface area contributed by atoms with Crippen LogP contribution in [0, 0.1) is 0 Å². The van der Waals surface area contributed by atoms with E-state index in [9.17, 15) is 4.79 Å². The molecule has 1 amide bonds. The summed E-state index contributed by atoms with van der Waals surface area (Å²) in [5, 5.41) is 3.21. The summed E-state index contributed by atoms with van der Waals surface area (Å²) >= 11 is 0. The van der Waals surface area contributed by atoms with Gasteiger partial charge in [-0.15, -0.1) is 0 Å². The first kappa shape index (κ1) is 22.2. The number of hydrogen-bond donors (Lipinski definition) is 1. The van der Waals surface area contributed by atoms with E-state index in [0.717, 1.165) is 30.6 Å². The molecule has 1 aliphatic heterocycles. The molecule has 1 aliphatic rings. The fourth-order valence-electron chi connectivity index (χ4n) is 4.01. The zero-order valence-corrected chi connectivity index (χ0v) is 19.1. The van der Waals surface area contributed by atoms with E-state index >= 15 is 0 Å². The van der Waals surface area contributed by atoms with Gasteiger partial charge in [0.25, 0.3) is 5.91 Å². The molecule has 1 N–H and O–H groups in total. The van der Waals surface area contributed by atoms with Crippen LogP contribution < -0.4 is 14.8 Å². The van der Waals surface area contributed by atoms with Gasteiger partial charge in [-0.1, -0.05) is 65.0 Å². The summed E-state index contributed by atoms with van der Waals surface area (Å²) in [5.41, 5.74) is 2.11. The molecule has 0 aromatic heterocycles. The minimum Gasteiger partial charge on any atom is -0.487 e. The fraction of sp³-hybridized carbons (Fsp3) is 0.500. The Morgan fingerprint density at radius 2 is 1.77 bits per heavy atom. The molecule has 3 rings (SSSR count). The van der Waals surface area contributed by atoms with Gasteiger partial charge in [-0.05, 0) is 48.9 Å². The van der Waals surface area contributed by atoms with Crippen LogP contribution in [-0.4, -0.2) is 17.6 Å². The maximum atomic E-state index is 13.0. The second-order valence-corrected chi connectivity index (χ2v) is 9.33. The molecule has 0 fully saturated rings. The maximum absolute atomic E-state index is 13.0. The third kappa shape index (κ3) is 4.80. The summed E-state index contributed by atoms with van der Waals surface area (Å²) < 4.78 is 12.3. The predicted molar refractivity (Wildman–Crippen MR) is 121 cm³/mol. The van der Waals surface area contributed by atoms with E-state index in [4.69, 9.17) is 9.47 Å². The van der Waals surface area contributed by atoms with Crippen LogP contribution in [0.25, 0.3) is 0 Å². The highest BCUT2D eigenvalue weighted by atomic mass is 16.5. The van der Waals surface area contributed by atoms with Crippen LogP contribution in [0.1, 0.15) is 78.0 Å². The first-order valence-corrected chi connectivity index (χ1v) is 11.0. The molecule has 4 heteroatoms. The van der Waals surface area contributed by atoms with Crippen molar-refractivity contribution in [1.82, 2.24) is 5.32 Å². The van der Waals surface area contributed by atoms with Gasteiger partial charge in [0.05, 0.1) is 6.04 Å². The summed E-state index contributed by atoms with van der Waals surface area (Å²) in [6.07, 6.45) is 1.97. The molecule has 4 nitrogen and oxygen atoms in total. The van der Waals surface area contributed by atoms with E-state index in [-0.39, 0.29) is 23.0 Å². The molecule has 2 aromatic carbocycles. The van der Waals surface area contributed by atoms with Gasteiger partial charge in [0.1, 0.15) is 17.1 Å². The lowest BCUT2D eigenvalue weighted by molar-refractivity contribution is -0.128. The Bertz CT molecular complexity index is 863. The summed E-state index contributed by atoms with van der Waals surface area (Å²) in [6, 6.07) is 15.9. The molecule has 2 aromatic rings. The lowest BCUT2D eigenvalue weighted by Gasteiger charge is -2.41. The topological polar surface area (TPSA) is 47.6 Å². The zero-order valence-electron chi connectivity index (χ0n) is 19.1. The number of carbonyl (C=O) groups excluding carboxylic acids is 1. The van der Waals surface area contributed by atoms with Crippen LogP contribution in [0.5, 0.6) is 11.5 Å². The summed E-state index contributed by atoms with van der Waals surface area (Å²) in [6.45, 7) is 12.6. The van der Waals surface area contributed by atoms with Crippen LogP contribution >= 0.6 is 0 Å². The van der Waals surface area contributed by atoms with Crippen LogP contribution in [0.4, 0.5) is 0 Å². The van der Waals surface area contributed by atoms with Gasteiger partial charge in [-0.3, -0.25) is 4.79 Å². The Labute approximate surface area is 181 Å². The molecule has 0 saturated heterocycles. The van der Waals surface area contributed by atoms with E-state index in [1.54, 1.807) is 6.92 Å². The van der Waals surface area contributed by atoms with Gasteiger partial charge in [-0.2, -0.15) is 0 Å². The number of fused-ring (bicyclic) bond motifs is 1. The van der Waals surface area contributed by atoms with Crippen LogP contribution in [0.15, 0.2) is 48.5 Å². The molecule has 0 spiro atoms. The number of benzene rings is 2. The van der Waals surface area contributed by atoms with E-state index in [2.05, 4.69) is 52.1 Å². The first-order valence-electron chi connectivity index (χ1n) is 11.0. The number of nitrogens with one attached hydrogen (secondary N) is 1. The highest BCUT2D eigenvalue weighted by molar-refractivity contribution is 5.81. The van der Waals surface area contributed by atoms with Crippen molar-refractivity contribution >= 4 is 5.91 Å². The molecule has 0 bridgehead atoms. The molecule has 1 heterocycles. The smallest absolute Gasteiger partial charge is 0.261 e. The molecular formula is C26H35NO3. The van der Waals surface area contributed by atoms with E-state index in [0.29, 0.717) is 5.75 Å². The third-order valence-electron chi connectivity index (χ3n) is 6.20. The second kappa shape index (κ2) is 8.71. The number of rotatable bonds is 6. The van der Waals surface area contributed by atoms with Crippen molar-refractivity contribution in [3.63, 3.8) is 0 Å². The highest BCUT2D eigenvalue weighted by Crippen LogP contribution is 2.42. The quantitative estimate of drug-likeness (QED) is 0.641. The van der Waals surface area contributed by atoms with Crippen LogP contribution in [0.2, 0.25) is 0 Å². The van der Waals surface area contributed by atoms with Crippen molar-refractivity contribution < 1.29 is 14.3 Å². The van der Waals surface area contributed by atoms with Crippen molar-refractivity contribution in [2.45, 2.75) is 84.0 Å². The van der Waals surface area contributed by atoms with Gasteiger partial charge in [0.15, 0.2) is 6.10 Å². The average Bonchev–Trinajstić information content (AvgIpc) is 2.73. The Hall–Kier alpha value is -2.49. The van der Waals surface area contributed by atoms with Crippen LogP contribution in [0.3, 0.4) is 0 Å². The van der Waals surface area contributed by atoms with Crippen LogP contribution in [-0.2, 0) is 10.2 Å². The molecule has 162 valence electrons. The maximum Gasteiger partial charge on any atom is 0.261 e. The summed E-state index contributed by atoms with van der Waals surface area (Å²) in [4.78, 5) is 13.0. The van der Waals surface area contributed by atoms with Gasteiger partial charge in [0, 0.05) is 12.0 Å². The Morgan fingerprint density at radius 3 is 2.37 bits per heavy atom. The third-order valence-corrected chi connectivity index (χ3v) is 6.20. The second-order valence-electron chi connectivity index (χ2n) is 9.33. The predicted octanol–water partition coefficient (Wildman–Crippen LogP) is 5.95. The molecule has 0 unspecified atom stereocenters. The molecule has 0 saturated carbocycles. The summed E-state index contributed by atoms with van der Waals surface area (Å²) in [5.74, 6) is 1.45. The number of amides is 1. The van der Waals surface area contributed by atoms with E-state index in [1.807, 2.05) is 36.4 Å². The van der Waals surface area contributed by atoms with E-state index in [1.165, 1.54) is 5.56 Å². The Kier molecular flexibility index (Phi) is 6.44. The number of ether oxygens (including phenoxy) is 2. The van der Waals surface area contributed by atoms with Gasteiger partial charge < -0.3 is 14.8 Å². The van der Waals surface area contributed by atoms with Gasteiger partial charge in [0.2, 0.25) is 0 Å². The SMILES string of the molecule is CCC1(CC)C[C@@H](NC(=O)[C@H](C)Oc2ccc(C(C)(C)C)cc2)c2ccccc2O1. The monoisotopic (exact) mass is 409 g/mol. The van der Waals surface area contributed by atoms with E-state index < -0.39 is 6.10 Å². The molecule has 2 atom stereocenters. The molecule has 30 heavy (non-hydrogen) atoms. The van der Waals surface area contributed by atoms with Crippen molar-refractivity contribution in [2.75, 3.05) is 0 Å². The number of para-hydroxylation sites is 1. The highest BCUT2D eigenvalue weighted by Gasteiger charge is 2.39. The van der Waals surface area contributed by atoms with Gasteiger partial charge >= 0.3 is 0 Å². The van der Waals surface area contributed by atoms with Gasteiger partial charge in [-0.25, -0.2) is 0 Å². The largest absolute Gasteiger partial charge is 0.487 e. The molecular weight excluding hydrogens is 374 g/mol. The first-order chi connectivity index (χ1) is 14.2. The number of carbonyl (C=O) groups is 1. The molecule has 0 aliphatic carbocycles. The Morgan fingerprint density at radius 1 is 1.13 bits per heavy atom. The van der Waals surface area contributed by atoms with Crippen molar-refractivity contribution in [3.8, 4) is 11.5 Å². The summed E-state index contributed by atoms with van der Waals surface area (Å²) in [7, 11) is 0. The Balaban J connectivity index is 1.71. The minimum absolute atomic E-state index is 0.0863. The lowest BCUT2D eigenvalue weighted by atomic mass is 9.83. The average molecular weight is 410 g/mol. The molecule has 0 radical (unpaired) electrons. The lowest BCUT2D eigenvalue weighted by Crippen LogP contribution is -2.46.